The van der Waals surface area contributed by atoms with E-state index in [9.17, 15) is 25.2 Å². The summed E-state index contributed by atoms with van der Waals surface area (Å²) in [7, 11) is 1.51. The summed E-state index contributed by atoms with van der Waals surface area (Å²) < 4.78 is 34.4. The van der Waals surface area contributed by atoms with Crippen molar-refractivity contribution in [3.05, 3.63) is 52.6 Å². The number of hydrogen-bond acceptors (Lipinski definition) is 11. The zero-order chi connectivity index (χ0) is 28.0. The summed E-state index contributed by atoms with van der Waals surface area (Å²) in [6.45, 7) is -1.09. The SMILES string of the molecule is COC1COC(Oc2c3c(c(-c4ccc5c(c4)OCO5)c4cc(CO)c(CO)cc24)C(=O)OC3)C(CO)C1CO. The summed E-state index contributed by atoms with van der Waals surface area (Å²) in [5.74, 6) is -0.201. The lowest BCUT2D eigenvalue weighted by molar-refractivity contribution is -0.218. The first kappa shape index (κ1) is 26.8. The average Bonchev–Trinajstić information content (AvgIpc) is 3.62. The molecule has 4 N–H and O–H groups in total. The predicted molar refractivity (Wildman–Crippen MR) is 139 cm³/mol. The van der Waals surface area contributed by atoms with Crippen molar-refractivity contribution in [2.75, 3.05) is 33.7 Å². The Kier molecular flexibility index (Phi) is 7.26. The number of methoxy groups -OCH3 is 1. The molecular formula is C29H30O11. The monoisotopic (exact) mass is 554 g/mol. The second-order valence-corrected chi connectivity index (χ2v) is 9.97. The minimum Gasteiger partial charge on any atom is -0.463 e. The highest BCUT2D eigenvalue weighted by molar-refractivity contribution is 6.13. The number of hydrogen-bond donors (Lipinski definition) is 4. The Hall–Kier alpha value is -3.45. The van der Waals surface area contributed by atoms with Crippen LogP contribution in [0.3, 0.4) is 0 Å². The molecule has 4 atom stereocenters. The molecule has 4 unspecified atom stereocenters. The van der Waals surface area contributed by atoms with E-state index < -0.39 is 30.2 Å². The summed E-state index contributed by atoms with van der Waals surface area (Å²) in [5, 5.41) is 41.6. The number of aliphatic hydroxyl groups excluding tert-OH is 4. The summed E-state index contributed by atoms with van der Waals surface area (Å²) in [5.41, 5.74) is 2.99. The Labute approximate surface area is 229 Å². The van der Waals surface area contributed by atoms with Crippen molar-refractivity contribution in [2.24, 2.45) is 11.8 Å². The number of carbonyl (C=O) groups is 1. The average molecular weight is 555 g/mol. The highest BCUT2D eigenvalue weighted by atomic mass is 16.7. The first-order valence-electron chi connectivity index (χ1n) is 13.0. The van der Waals surface area contributed by atoms with E-state index in [1.54, 1.807) is 24.3 Å². The molecule has 11 heteroatoms. The van der Waals surface area contributed by atoms with Crippen LogP contribution in [-0.2, 0) is 34.0 Å². The molecule has 0 aromatic heterocycles. The van der Waals surface area contributed by atoms with E-state index in [4.69, 9.17) is 28.4 Å². The van der Waals surface area contributed by atoms with Crippen molar-refractivity contribution in [3.8, 4) is 28.4 Å². The van der Waals surface area contributed by atoms with Gasteiger partial charge in [-0.3, -0.25) is 0 Å². The molecular weight excluding hydrogens is 524 g/mol. The molecule has 0 saturated carbocycles. The molecule has 3 aromatic carbocycles. The lowest BCUT2D eigenvalue weighted by atomic mass is 9.85. The largest absolute Gasteiger partial charge is 0.463 e. The molecule has 0 amide bonds. The van der Waals surface area contributed by atoms with Crippen molar-refractivity contribution in [2.45, 2.75) is 32.2 Å². The van der Waals surface area contributed by atoms with Crippen LogP contribution in [0.5, 0.6) is 17.2 Å². The number of rotatable bonds is 8. The van der Waals surface area contributed by atoms with Gasteiger partial charge in [0, 0.05) is 36.1 Å². The first-order chi connectivity index (χ1) is 19.5. The van der Waals surface area contributed by atoms with E-state index in [-0.39, 0.29) is 46.4 Å². The van der Waals surface area contributed by atoms with Crippen LogP contribution in [0.15, 0.2) is 30.3 Å². The summed E-state index contributed by atoms with van der Waals surface area (Å²) >= 11 is 0. The highest BCUT2D eigenvalue weighted by Crippen LogP contribution is 2.48. The van der Waals surface area contributed by atoms with Crippen LogP contribution in [0.4, 0.5) is 0 Å². The Morgan fingerprint density at radius 2 is 1.60 bits per heavy atom. The van der Waals surface area contributed by atoms with Crippen LogP contribution < -0.4 is 14.2 Å². The first-order valence-corrected chi connectivity index (χ1v) is 13.0. The van der Waals surface area contributed by atoms with Crippen LogP contribution in [0.25, 0.3) is 21.9 Å². The van der Waals surface area contributed by atoms with Gasteiger partial charge in [0.15, 0.2) is 11.5 Å². The predicted octanol–water partition coefficient (Wildman–Crippen LogP) is 1.86. The molecule has 11 nitrogen and oxygen atoms in total. The maximum Gasteiger partial charge on any atom is 0.339 e. The van der Waals surface area contributed by atoms with Crippen molar-refractivity contribution in [3.63, 3.8) is 0 Å². The number of benzene rings is 3. The molecule has 6 rings (SSSR count). The maximum atomic E-state index is 13.2. The zero-order valence-electron chi connectivity index (χ0n) is 21.8. The van der Waals surface area contributed by atoms with Crippen LogP contribution in [-0.4, -0.2) is 72.5 Å². The molecule has 0 radical (unpaired) electrons. The maximum absolute atomic E-state index is 13.2. The second kappa shape index (κ2) is 10.8. The van der Waals surface area contributed by atoms with E-state index in [0.29, 0.717) is 61.4 Å². The van der Waals surface area contributed by atoms with E-state index in [0.717, 1.165) is 0 Å². The molecule has 3 heterocycles. The Morgan fingerprint density at radius 3 is 2.30 bits per heavy atom. The smallest absolute Gasteiger partial charge is 0.339 e. The Bertz CT molecular complexity index is 1450. The molecule has 1 fully saturated rings. The molecule has 1 saturated heterocycles. The molecule has 3 aromatic rings. The third kappa shape index (κ3) is 4.26. The van der Waals surface area contributed by atoms with Crippen LogP contribution in [0.2, 0.25) is 0 Å². The molecule has 212 valence electrons. The summed E-state index contributed by atoms with van der Waals surface area (Å²) in [6, 6.07) is 8.80. The number of cyclic esters (lactones) is 1. The number of esters is 1. The quantitative estimate of drug-likeness (QED) is 0.302. The lowest BCUT2D eigenvalue weighted by Gasteiger charge is -2.40. The second-order valence-electron chi connectivity index (χ2n) is 9.97. The van der Waals surface area contributed by atoms with Gasteiger partial charge in [0.2, 0.25) is 13.1 Å². The number of aliphatic hydroxyl groups is 4. The number of carbonyl (C=O) groups excluding carboxylic acids is 1. The lowest BCUT2D eigenvalue weighted by Crippen LogP contribution is -2.51. The van der Waals surface area contributed by atoms with E-state index in [1.807, 2.05) is 6.07 Å². The van der Waals surface area contributed by atoms with E-state index in [1.165, 1.54) is 7.11 Å². The topological polar surface area (TPSA) is 153 Å². The number of ether oxygens (including phenoxy) is 6. The molecule has 40 heavy (non-hydrogen) atoms. The fourth-order valence-corrected chi connectivity index (χ4v) is 5.87. The minimum atomic E-state index is -0.969. The fourth-order valence-electron chi connectivity index (χ4n) is 5.87. The van der Waals surface area contributed by atoms with Crippen molar-refractivity contribution < 1.29 is 53.6 Å². The van der Waals surface area contributed by atoms with Gasteiger partial charge < -0.3 is 48.8 Å². The summed E-state index contributed by atoms with van der Waals surface area (Å²) in [6.07, 6.45) is -1.40. The van der Waals surface area contributed by atoms with Crippen molar-refractivity contribution in [1.82, 2.24) is 0 Å². The van der Waals surface area contributed by atoms with Crippen LogP contribution in [0, 0.1) is 11.8 Å². The normalized spacial score (nSPS) is 23.4. The Balaban J connectivity index is 1.57. The van der Waals surface area contributed by atoms with Crippen molar-refractivity contribution in [1.29, 1.82) is 0 Å². The van der Waals surface area contributed by atoms with Gasteiger partial charge in [-0.05, 0) is 46.3 Å². The zero-order valence-corrected chi connectivity index (χ0v) is 21.8. The van der Waals surface area contributed by atoms with Gasteiger partial charge >= 0.3 is 5.97 Å². The fraction of sp³-hybridized carbons (Fsp3) is 0.414. The number of fused-ring (bicyclic) bond motifs is 3. The molecule has 3 aliphatic heterocycles. The minimum absolute atomic E-state index is 0.0617. The molecule has 0 aliphatic carbocycles. The molecule has 0 spiro atoms. The highest BCUT2D eigenvalue weighted by Gasteiger charge is 2.43. The van der Waals surface area contributed by atoms with Gasteiger partial charge in [-0.1, -0.05) is 6.07 Å². The van der Waals surface area contributed by atoms with Crippen LogP contribution >= 0.6 is 0 Å². The standard InChI is InChI=1S/C29H30O11/c1-35-24-12-37-29(20(10-33)19(24)9-32)40-27-18-5-16(8-31)15(7-30)4-17(18)25(26-21(27)11-36-28(26)34)14-2-3-22-23(6-14)39-13-38-22/h2-6,19-20,24,29-33H,7-13H2,1H3. The third-order valence-electron chi connectivity index (χ3n) is 7.99. The van der Waals surface area contributed by atoms with E-state index in [2.05, 4.69) is 0 Å². The van der Waals surface area contributed by atoms with Gasteiger partial charge in [-0.2, -0.15) is 0 Å². The van der Waals surface area contributed by atoms with Gasteiger partial charge in [-0.25, -0.2) is 4.79 Å². The third-order valence-corrected chi connectivity index (χ3v) is 7.99. The molecule has 0 bridgehead atoms. The summed E-state index contributed by atoms with van der Waals surface area (Å²) in [4.78, 5) is 13.2. The van der Waals surface area contributed by atoms with Gasteiger partial charge in [-0.15, -0.1) is 0 Å². The molecule has 3 aliphatic rings. The van der Waals surface area contributed by atoms with Gasteiger partial charge in [0.05, 0.1) is 44.0 Å². The van der Waals surface area contributed by atoms with Gasteiger partial charge in [0.25, 0.3) is 0 Å². The Morgan fingerprint density at radius 1 is 0.875 bits per heavy atom. The van der Waals surface area contributed by atoms with E-state index >= 15 is 0 Å². The van der Waals surface area contributed by atoms with Crippen molar-refractivity contribution >= 4 is 16.7 Å². The van der Waals surface area contributed by atoms with Gasteiger partial charge in [0.1, 0.15) is 12.4 Å². The van der Waals surface area contributed by atoms with Crippen LogP contribution in [0.1, 0.15) is 27.0 Å².